The van der Waals surface area contributed by atoms with Crippen LogP contribution in [0.5, 0.6) is 0 Å². The highest BCUT2D eigenvalue weighted by atomic mass is 14.9. The third-order valence-electron chi connectivity index (χ3n) is 3.43. The first-order valence-corrected chi connectivity index (χ1v) is 6.02. The highest BCUT2D eigenvalue weighted by Crippen LogP contribution is 2.46. The third-order valence-corrected chi connectivity index (χ3v) is 3.43. The summed E-state index contributed by atoms with van der Waals surface area (Å²) in [5.74, 6) is 1.75. The number of hydrogen-bond acceptors (Lipinski definition) is 1. The van der Waals surface area contributed by atoms with E-state index >= 15 is 0 Å². The monoisotopic (exact) mass is 203 g/mol. The van der Waals surface area contributed by atoms with Gasteiger partial charge in [0.15, 0.2) is 0 Å². The van der Waals surface area contributed by atoms with Gasteiger partial charge in [0.25, 0.3) is 0 Å². The van der Waals surface area contributed by atoms with E-state index in [1.165, 1.54) is 17.5 Å². The Morgan fingerprint density at radius 1 is 1.47 bits per heavy atom. The lowest BCUT2D eigenvalue weighted by molar-refractivity contribution is 0.475. The second-order valence-corrected chi connectivity index (χ2v) is 4.83. The molecule has 1 nitrogen and oxygen atoms in total. The Labute approximate surface area is 92.9 Å². The Morgan fingerprint density at radius 3 is 2.73 bits per heavy atom. The summed E-state index contributed by atoms with van der Waals surface area (Å²) in [6.45, 7) is 7.77. The largest absolute Gasteiger partial charge is 0.310 e. The molecule has 0 radical (unpaired) electrons. The lowest BCUT2D eigenvalue weighted by atomic mass is 9.99. The van der Waals surface area contributed by atoms with E-state index in [-0.39, 0.29) is 0 Å². The minimum atomic E-state index is 0.574. The molecule has 15 heavy (non-hydrogen) atoms. The molecule has 1 aliphatic rings. The fraction of sp³-hybridized carbons (Fsp3) is 0.571. The lowest BCUT2D eigenvalue weighted by Gasteiger charge is -2.18. The molecule has 0 bridgehead atoms. The van der Waals surface area contributed by atoms with Crippen LogP contribution in [0.4, 0.5) is 0 Å². The molecule has 1 aromatic carbocycles. The van der Waals surface area contributed by atoms with Crippen molar-refractivity contribution in [1.29, 1.82) is 0 Å². The molecule has 3 atom stereocenters. The van der Waals surface area contributed by atoms with Gasteiger partial charge in [-0.3, -0.25) is 0 Å². The number of benzene rings is 1. The fourth-order valence-corrected chi connectivity index (χ4v) is 2.42. The van der Waals surface area contributed by atoms with Crippen molar-refractivity contribution in [2.75, 3.05) is 6.54 Å². The highest BCUT2D eigenvalue weighted by Gasteiger charge is 2.39. The smallest absolute Gasteiger partial charge is 0.0351 e. The molecular weight excluding hydrogens is 182 g/mol. The van der Waals surface area contributed by atoms with Gasteiger partial charge in [0.1, 0.15) is 0 Å². The first-order chi connectivity index (χ1) is 7.22. The zero-order valence-electron chi connectivity index (χ0n) is 9.96. The van der Waals surface area contributed by atoms with Crippen molar-refractivity contribution in [3.05, 3.63) is 35.4 Å². The summed E-state index contributed by atoms with van der Waals surface area (Å²) in [5, 5.41) is 3.62. The summed E-state index contributed by atoms with van der Waals surface area (Å²) >= 11 is 0. The van der Waals surface area contributed by atoms with Gasteiger partial charge in [0.05, 0.1) is 0 Å². The van der Waals surface area contributed by atoms with E-state index in [0.29, 0.717) is 6.04 Å². The SMILES string of the molecule is CCNC(c1cccc(C)c1)C1CC1C. The van der Waals surface area contributed by atoms with Crippen LogP contribution in [0.25, 0.3) is 0 Å². The molecule has 0 saturated heterocycles. The molecule has 0 aromatic heterocycles. The van der Waals surface area contributed by atoms with Gasteiger partial charge < -0.3 is 5.32 Å². The van der Waals surface area contributed by atoms with Gasteiger partial charge in [-0.25, -0.2) is 0 Å². The van der Waals surface area contributed by atoms with Crippen LogP contribution < -0.4 is 5.32 Å². The zero-order valence-corrected chi connectivity index (χ0v) is 9.96. The zero-order chi connectivity index (χ0) is 10.8. The fourth-order valence-electron chi connectivity index (χ4n) is 2.42. The maximum atomic E-state index is 3.62. The molecule has 0 aliphatic heterocycles. The minimum absolute atomic E-state index is 0.574. The van der Waals surface area contributed by atoms with Gasteiger partial charge in [-0.1, -0.05) is 43.7 Å². The Balaban J connectivity index is 2.17. The first-order valence-electron chi connectivity index (χ1n) is 6.02. The molecule has 2 rings (SSSR count). The van der Waals surface area contributed by atoms with E-state index < -0.39 is 0 Å². The molecule has 0 spiro atoms. The van der Waals surface area contributed by atoms with Crippen molar-refractivity contribution < 1.29 is 0 Å². The summed E-state index contributed by atoms with van der Waals surface area (Å²) in [6, 6.07) is 9.49. The van der Waals surface area contributed by atoms with Crippen molar-refractivity contribution in [1.82, 2.24) is 5.32 Å². The molecule has 1 heteroatoms. The van der Waals surface area contributed by atoms with Crippen molar-refractivity contribution >= 4 is 0 Å². The van der Waals surface area contributed by atoms with Crippen molar-refractivity contribution in [3.63, 3.8) is 0 Å². The van der Waals surface area contributed by atoms with Crippen LogP contribution in [0, 0.1) is 18.8 Å². The normalized spacial score (nSPS) is 26.3. The van der Waals surface area contributed by atoms with Crippen LogP contribution in [-0.4, -0.2) is 6.54 Å². The number of rotatable bonds is 4. The Morgan fingerprint density at radius 2 is 2.20 bits per heavy atom. The van der Waals surface area contributed by atoms with Gasteiger partial charge in [-0.2, -0.15) is 0 Å². The summed E-state index contributed by atoms with van der Waals surface area (Å²) in [4.78, 5) is 0. The molecular formula is C14H21N. The summed E-state index contributed by atoms with van der Waals surface area (Å²) < 4.78 is 0. The predicted octanol–water partition coefficient (Wildman–Crippen LogP) is 3.30. The molecule has 1 N–H and O–H groups in total. The van der Waals surface area contributed by atoms with Gasteiger partial charge in [0.2, 0.25) is 0 Å². The molecule has 1 aromatic rings. The van der Waals surface area contributed by atoms with Gasteiger partial charge >= 0.3 is 0 Å². The maximum Gasteiger partial charge on any atom is 0.0351 e. The van der Waals surface area contributed by atoms with Crippen LogP contribution >= 0.6 is 0 Å². The summed E-state index contributed by atoms with van der Waals surface area (Å²) in [6.07, 6.45) is 1.38. The van der Waals surface area contributed by atoms with E-state index in [1.54, 1.807) is 0 Å². The number of nitrogens with one attached hydrogen (secondary N) is 1. The van der Waals surface area contributed by atoms with Crippen molar-refractivity contribution in [3.8, 4) is 0 Å². The van der Waals surface area contributed by atoms with E-state index in [9.17, 15) is 0 Å². The van der Waals surface area contributed by atoms with Crippen molar-refractivity contribution in [2.24, 2.45) is 11.8 Å². The van der Waals surface area contributed by atoms with Crippen LogP contribution in [0.15, 0.2) is 24.3 Å². The average molecular weight is 203 g/mol. The van der Waals surface area contributed by atoms with E-state index in [1.807, 2.05) is 0 Å². The van der Waals surface area contributed by atoms with E-state index in [0.717, 1.165) is 18.4 Å². The molecule has 1 fully saturated rings. The lowest BCUT2D eigenvalue weighted by Crippen LogP contribution is -2.23. The molecule has 82 valence electrons. The molecule has 1 aliphatic carbocycles. The maximum absolute atomic E-state index is 3.62. The highest BCUT2D eigenvalue weighted by molar-refractivity contribution is 5.26. The Kier molecular flexibility index (Phi) is 3.11. The van der Waals surface area contributed by atoms with Gasteiger partial charge in [0, 0.05) is 6.04 Å². The molecule has 0 heterocycles. The van der Waals surface area contributed by atoms with Gasteiger partial charge in [-0.15, -0.1) is 0 Å². The predicted molar refractivity (Wildman–Crippen MR) is 64.9 cm³/mol. The molecule has 0 amide bonds. The Bertz CT molecular complexity index is 332. The third kappa shape index (κ3) is 2.40. The molecule has 3 unspecified atom stereocenters. The van der Waals surface area contributed by atoms with Crippen LogP contribution in [0.3, 0.4) is 0 Å². The topological polar surface area (TPSA) is 12.0 Å². The first kappa shape index (κ1) is 10.7. The number of hydrogen-bond donors (Lipinski definition) is 1. The van der Waals surface area contributed by atoms with E-state index in [4.69, 9.17) is 0 Å². The Hall–Kier alpha value is -0.820. The van der Waals surface area contributed by atoms with Crippen LogP contribution in [0.1, 0.15) is 37.4 Å². The second-order valence-electron chi connectivity index (χ2n) is 4.83. The quantitative estimate of drug-likeness (QED) is 0.791. The molecule has 1 saturated carbocycles. The van der Waals surface area contributed by atoms with Crippen LogP contribution in [-0.2, 0) is 0 Å². The van der Waals surface area contributed by atoms with Crippen LogP contribution in [0.2, 0.25) is 0 Å². The minimum Gasteiger partial charge on any atom is -0.310 e. The average Bonchev–Trinajstić information content (AvgIpc) is 2.92. The van der Waals surface area contributed by atoms with E-state index in [2.05, 4.69) is 50.4 Å². The summed E-state index contributed by atoms with van der Waals surface area (Å²) in [5.41, 5.74) is 2.83. The summed E-state index contributed by atoms with van der Waals surface area (Å²) in [7, 11) is 0. The standard InChI is InChI=1S/C14H21N/c1-4-15-14(13-9-11(13)3)12-7-5-6-10(2)8-12/h5-8,11,13-15H,4,9H2,1-3H3. The number of aryl methyl sites for hydroxylation is 1. The van der Waals surface area contributed by atoms with Gasteiger partial charge in [-0.05, 0) is 37.3 Å². The second kappa shape index (κ2) is 4.36. The van der Waals surface area contributed by atoms with Crippen molar-refractivity contribution in [2.45, 2.75) is 33.2 Å².